The molecule has 4 heteroatoms. The first kappa shape index (κ1) is 15.1. The molecule has 0 amide bonds. The Hall–Kier alpha value is -1.26. The molecular formula is C16H27N3O. The number of hydrogen-bond donors (Lipinski definition) is 2. The summed E-state index contributed by atoms with van der Waals surface area (Å²) in [4.78, 5) is 2.53. The van der Waals surface area contributed by atoms with Crippen molar-refractivity contribution in [3.63, 3.8) is 0 Å². The van der Waals surface area contributed by atoms with Crippen LogP contribution in [0.3, 0.4) is 0 Å². The Bertz CT molecular complexity index is 414. The summed E-state index contributed by atoms with van der Waals surface area (Å²) in [7, 11) is 1.71. The van der Waals surface area contributed by atoms with E-state index in [4.69, 9.17) is 10.5 Å². The van der Waals surface area contributed by atoms with Crippen molar-refractivity contribution in [2.24, 2.45) is 5.73 Å². The minimum absolute atomic E-state index is 0.00112. The van der Waals surface area contributed by atoms with E-state index in [0.29, 0.717) is 6.54 Å². The number of anilines is 1. The Labute approximate surface area is 122 Å². The van der Waals surface area contributed by atoms with Gasteiger partial charge in [0.2, 0.25) is 0 Å². The van der Waals surface area contributed by atoms with Crippen molar-refractivity contribution in [1.82, 2.24) is 4.90 Å². The van der Waals surface area contributed by atoms with Crippen LogP contribution in [0.1, 0.15) is 26.2 Å². The van der Waals surface area contributed by atoms with E-state index < -0.39 is 0 Å². The minimum Gasteiger partial charge on any atom is -0.495 e. The van der Waals surface area contributed by atoms with Crippen molar-refractivity contribution in [3.8, 4) is 5.75 Å². The Balaban J connectivity index is 2.05. The van der Waals surface area contributed by atoms with Gasteiger partial charge in [0, 0.05) is 19.6 Å². The molecule has 20 heavy (non-hydrogen) atoms. The van der Waals surface area contributed by atoms with Gasteiger partial charge in [0.15, 0.2) is 0 Å². The zero-order valence-electron chi connectivity index (χ0n) is 12.7. The van der Waals surface area contributed by atoms with Crippen LogP contribution in [0.25, 0.3) is 0 Å². The average Bonchev–Trinajstić information content (AvgIpc) is 2.50. The normalized spacial score (nSPS) is 18.8. The van der Waals surface area contributed by atoms with Crippen LogP contribution >= 0.6 is 0 Å². The van der Waals surface area contributed by atoms with Gasteiger partial charge < -0.3 is 20.7 Å². The maximum atomic E-state index is 6.08. The zero-order chi connectivity index (χ0) is 14.4. The van der Waals surface area contributed by atoms with E-state index in [1.54, 1.807) is 7.11 Å². The van der Waals surface area contributed by atoms with Crippen molar-refractivity contribution >= 4 is 5.69 Å². The summed E-state index contributed by atoms with van der Waals surface area (Å²) < 4.78 is 5.42. The van der Waals surface area contributed by atoms with Gasteiger partial charge in [-0.1, -0.05) is 19.1 Å². The number of ether oxygens (including phenoxy) is 1. The molecule has 1 aromatic carbocycles. The molecular weight excluding hydrogens is 250 g/mol. The molecule has 4 nitrogen and oxygen atoms in total. The number of methoxy groups -OCH3 is 1. The van der Waals surface area contributed by atoms with E-state index in [0.717, 1.165) is 37.4 Å². The molecule has 0 unspecified atom stereocenters. The van der Waals surface area contributed by atoms with E-state index in [1.807, 2.05) is 18.2 Å². The molecule has 1 aliphatic heterocycles. The third-order valence-electron chi connectivity index (χ3n) is 4.25. The Morgan fingerprint density at radius 3 is 2.60 bits per heavy atom. The van der Waals surface area contributed by atoms with E-state index in [-0.39, 0.29) is 5.54 Å². The van der Waals surface area contributed by atoms with Crippen LogP contribution in [0.5, 0.6) is 5.75 Å². The molecule has 3 N–H and O–H groups in total. The summed E-state index contributed by atoms with van der Waals surface area (Å²) in [5, 5.41) is 3.65. The van der Waals surface area contributed by atoms with E-state index in [9.17, 15) is 0 Å². The van der Waals surface area contributed by atoms with E-state index in [1.165, 1.54) is 13.0 Å². The van der Waals surface area contributed by atoms with Gasteiger partial charge >= 0.3 is 0 Å². The van der Waals surface area contributed by atoms with Gasteiger partial charge in [-0.2, -0.15) is 0 Å². The molecule has 112 valence electrons. The predicted molar refractivity (Wildman–Crippen MR) is 84.4 cm³/mol. The van der Waals surface area contributed by atoms with Gasteiger partial charge in [-0.25, -0.2) is 0 Å². The maximum absolute atomic E-state index is 6.08. The van der Waals surface area contributed by atoms with E-state index >= 15 is 0 Å². The largest absolute Gasteiger partial charge is 0.495 e. The SMILES string of the molecule is CCCN1CCC(CN)(Nc2ccccc2OC)CC1. The van der Waals surface area contributed by atoms with Crippen LogP contribution in [0.2, 0.25) is 0 Å². The zero-order valence-corrected chi connectivity index (χ0v) is 12.7. The van der Waals surface area contributed by atoms with Crippen molar-refractivity contribution in [3.05, 3.63) is 24.3 Å². The third kappa shape index (κ3) is 3.44. The lowest BCUT2D eigenvalue weighted by atomic mass is 9.87. The molecule has 1 saturated heterocycles. The first-order valence-electron chi connectivity index (χ1n) is 7.56. The number of hydrogen-bond acceptors (Lipinski definition) is 4. The number of para-hydroxylation sites is 2. The Morgan fingerprint density at radius 1 is 1.30 bits per heavy atom. The van der Waals surface area contributed by atoms with Gasteiger partial charge in [0.1, 0.15) is 5.75 Å². The molecule has 0 spiro atoms. The molecule has 1 fully saturated rings. The van der Waals surface area contributed by atoms with Crippen LogP contribution in [-0.2, 0) is 0 Å². The maximum Gasteiger partial charge on any atom is 0.141 e. The van der Waals surface area contributed by atoms with Crippen LogP contribution in [0.15, 0.2) is 24.3 Å². The highest BCUT2D eigenvalue weighted by molar-refractivity contribution is 5.57. The minimum atomic E-state index is -0.00112. The Morgan fingerprint density at radius 2 is 2.00 bits per heavy atom. The Kier molecular flexibility index (Phi) is 5.26. The monoisotopic (exact) mass is 277 g/mol. The second kappa shape index (κ2) is 6.95. The third-order valence-corrected chi connectivity index (χ3v) is 4.25. The molecule has 2 rings (SSSR count). The molecule has 1 aromatic rings. The van der Waals surface area contributed by atoms with Crippen molar-refractivity contribution < 1.29 is 4.74 Å². The molecule has 0 aliphatic carbocycles. The summed E-state index contributed by atoms with van der Waals surface area (Å²) in [6.07, 6.45) is 3.39. The highest BCUT2D eigenvalue weighted by Gasteiger charge is 2.33. The summed E-state index contributed by atoms with van der Waals surface area (Å²) >= 11 is 0. The summed E-state index contributed by atoms with van der Waals surface area (Å²) in [6.45, 7) is 6.32. The lowest BCUT2D eigenvalue weighted by molar-refractivity contribution is 0.176. The molecule has 0 saturated carbocycles. The number of benzene rings is 1. The fraction of sp³-hybridized carbons (Fsp3) is 0.625. The summed E-state index contributed by atoms with van der Waals surface area (Å²) in [5.74, 6) is 0.885. The predicted octanol–water partition coefficient (Wildman–Crippen LogP) is 2.31. The molecule has 0 aromatic heterocycles. The molecule has 1 heterocycles. The fourth-order valence-corrected chi connectivity index (χ4v) is 2.93. The smallest absolute Gasteiger partial charge is 0.141 e. The van der Waals surface area contributed by atoms with Gasteiger partial charge in [-0.15, -0.1) is 0 Å². The van der Waals surface area contributed by atoms with Crippen molar-refractivity contribution in [2.45, 2.75) is 31.7 Å². The summed E-state index contributed by atoms with van der Waals surface area (Å²) in [6, 6.07) is 8.07. The first-order chi connectivity index (χ1) is 9.73. The first-order valence-corrected chi connectivity index (χ1v) is 7.56. The lowest BCUT2D eigenvalue weighted by Gasteiger charge is -2.42. The number of rotatable bonds is 6. The highest BCUT2D eigenvalue weighted by Crippen LogP contribution is 2.31. The summed E-state index contributed by atoms with van der Waals surface area (Å²) in [5.41, 5.74) is 7.12. The molecule has 0 atom stereocenters. The van der Waals surface area contributed by atoms with Gasteiger partial charge in [-0.3, -0.25) is 0 Å². The standard InChI is InChI=1S/C16H27N3O/c1-3-10-19-11-8-16(13-17,9-12-19)18-14-6-4-5-7-15(14)20-2/h4-7,18H,3,8-13,17H2,1-2H3. The second-order valence-electron chi connectivity index (χ2n) is 5.65. The quantitative estimate of drug-likeness (QED) is 0.838. The van der Waals surface area contributed by atoms with Gasteiger partial charge in [0.25, 0.3) is 0 Å². The molecule has 0 radical (unpaired) electrons. The van der Waals surface area contributed by atoms with E-state index in [2.05, 4.69) is 23.2 Å². The van der Waals surface area contributed by atoms with Crippen LogP contribution in [-0.4, -0.2) is 43.7 Å². The number of nitrogens with zero attached hydrogens (tertiary/aromatic N) is 1. The average molecular weight is 277 g/mol. The van der Waals surface area contributed by atoms with Crippen LogP contribution < -0.4 is 15.8 Å². The van der Waals surface area contributed by atoms with Gasteiger partial charge in [0.05, 0.1) is 18.3 Å². The topological polar surface area (TPSA) is 50.5 Å². The van der Waals surface area contributed by atoms with Crippen LogP contribution in [0, 0.1) is 0 Å². The van der Waals surface area contributed by atoms with Crippen LogP contribution in [0.4, 0.5) is 5.69 Å². The fourth-order valence-electron chi connectivity index (χ4n) is 2.93. The number of piperidine rings is 1. The highest BCUT2D eigenvalue weighted by atomic mass is 16.5. The number of likely N-dealkylation sites (tertiary alicyclic amines) is 1. The lowest BCUT2D eigenvalue weighted by Crippen LogP contribution is -2.53. The molecule has 0 bridgehead atoms. The van der Waals surface area contributed by atoms with Gasteiger partial charge in [-0.05, 0) is 37.9 Å². The number of nitrogens with one attached hydrogen (secondary N) is 1. The van der Waals surface area contributed by atoms with Crippen molar-refractivity contribution in [2.75, 3.05) is 38.6 Å². The number of nitrogens with two attached hydrogens (primary N) is 1. The van der Waals surface area contributed by atoms with Crippen molar-refractivity contribution in [1.29, 1.82) is 0 Å². The second-order valence-corrected chi connectivity index (χ2v) is 5.65. The molecule has 1 aliphatic rings.